The lowest BCUT2D eigenvalue weighted by molar-refractivity contribution is -0.139. The number of nitrogens with one attached hydrogen (secondary N) is 1. The van der Waals surface area contributed by atoms with E-state index < -0.39 is 30.8 Å². The predicted molar refractivity (Wildman–Crippen MR) is 65.1 cm³/mol. The van der Waals surface area contributed by atoms with E-state index in [1.807, 2.05) is 13.8 Å². The van der Waals surface area contributed by atoms with E-state index in [0.717, 1.165) is 4.90 Å². The first kappa shape index (κ1) is 16.7. The van der Waals surface area contributed by atoms with Gasteiger partial charge in [-0.05, 0) is 12.3 Å². The van der Waals surface area contributed by atoms with Crippen molar-refractivity contribution in [2.75, 3.05) is 20.2 Å². The van der Waals surface area contributed by atoms with Gasteiger partial charge in [-0.3, -0.25) is 0 Å². The molecule has 0 aliphatic heterocycles. The summed E-state index contributed by atoms with van der Waals surface area (Å²) in [6.45, 7) is 3.21. The van der Waals surface area contributed by atoms with Gasteiger partial charge in [0.15, 0.2) is 0 Å². The van der Waals surface area contributed by atoms with Crippen molar-refractivity contribution < 1.29 is 24.9 Å². The van der Waals surface area contributed by atoms with Gasteiger partial charge in [-0.25, -0.2) is 9.59 Å². The highest BCUT2D eigenvalue weighted by Crippen LogP contribution is 2.05. The third-order valence-electron chi connectivity index (χ3n) is 2.34. The Kier molecular flexibility index (Phi) is 7.30. The minimum atomic E-state index is -1.09. The number of aliphatic carboxylic acids is 1. The fraction of sp³-hybridized carbons (Fsp3) is 0.818. The Morgan fingerprint density at radius 2 is 1.89 bits per heavy atom. The molecule has 7 nitrogen and oxygen atoms in total. The molecule has 7 heteroatoms. The molecule has 18 heavy (non-hydrogen) atoms. The molecule has 0 saturated heterocycles. The zero-order valence-corrected chi connectivity index (χ0v) is 11.0. The van der Waals surface area contributed by atoms with Crippen LogP contribution in [0.1, 0.15) is 20.3 Å². The monoisotopic (exact) mass is 262 g/mol. The van der Waals surface area contributed by atoms with Gasteiger partial charge < -0.3 is 25.5 Å². The van der Waals surface area contributed by atoms with Crippen LogP contribution in [0.2, 0.25) is 0 Å². The van der Waals surface area contributed by atoms with Crippen LogP contribution in [0, 0.1) is 5.92 Å². The second-order valence-corrected chi connectivity index (χ2v) is 4.69. The Hall–Kier alpha value is -1.34. The average Bonchev–Trinajstić information content (AvgIpc) is 2.26. The number of nitrogens with zero attached hydrogens (tertiary/aromatic N) is 1. The molecule has 2 unspecified atom stereocenters. The number of carboxylic acid groups (broad SMARTS) is 1. The second-order valence-electron chi connectivity index (χ2n) is 4.69. The molecule has 0 bridgehead atoms. The van der Waals surface area contributed by atoms with Crippen LogP contribution in [-0.4, -0.2) is 64.6 Å². The van der Waals surface area contributed by atoms with Gasteiger partial charge in [0.2, 0.25) is 0 Å². The number of hydrogen-bond acceptors (Lipinski definition) is 4. The molecule has 0 fully saturated rings. The van der Waals surface area contributed by atoms with E-state index in [0.29, 0.717) is 6.42 Å². The molecule has 0 saturated carbocycles. The molecule has 0 aliphatic rings. The topological polar surface area (TPSA) is 110 Å². The van der Waals surface area contributed by atoms with Gasteiger partial charge in [0.25, 0.3) is 0 Å². The van der Waals surface area contributed by atoms with Crippen LogP contribution in [-0.2, 0) is 4.79 Å². The maximum atomic E-state index is 11.6. The van der Waals surface area contributed by atoms with Gasteiger partial charge in [-0.15, -0.1) is 0 Å². The summed E-state index contributed by atoms with van der Waals surface area (Å²) in [5.74, 6) is -0.951. The van der Waals surface area contributed by atoms with Crippen LogP contribution >= 0.6 is 0 Å². The first-order chi connectivity index (χ1) is 8.27. The predicted octanol–water partition coefficient (Wildman–Crippen LogP) is -0.520. The van der Waals surface area contributed by atoms with Crippen LogP contribution in [0.15, 0.2) is 0 Å². The zero-order chi connectivity index (χ0) is 14.3. The molecule has 0 aromatic carbocycles. The summed E-state index contributed by atoms with van der Waals surface area (Å²) in [6, 6.07) is -1.54. The van der Waals surface area contributed by atoms with Crippen molar-refractivity contribution in [3.63, 3.8) is 0 Å². The molecule has 106 valence electrons. The minimum Gasteiger partial charge on any atom is -0.480 e. The van der Waals surface area contributed by atoms with Gasteiger partial charge in [-0.1, -0.05) is 13.8 Å². The molecule has 4 N–H and O–H groups in total. The minimum absolute atomic E-state index is 0.0592. The molecular formula is C11H22N2O5. The summed E-state index contributed by atoms with van der Waals surface area (Å²) >= 11 is 0. The van der Waals surface area contributed by atoms with E-state index in [9.17, 15) is 14.7 Å². The highest BCUT2D eigenvalue weighted by Gasteiger charge is 2.23. The zero-order valence-electron chi connectivity index (χ0n) is 11.0. The SMILES string of the molecule is CC(C)CC(NC(=O)N(C)CC(O)CO)C(=O)O. The van der Waals surface area contributed by atoms with E-state index in [1.54, 1.807) is 0 Å². The molecule has 0 heterocycles. The van der Waals surface area contributed by atoms with Crippen LogP contribution in [0.4, 0.5) is 4.79 Å². The molecule has 0 aliphatic carbocycles. The summed E-state index contributed by atoms with van der Waals surface area (Å²) in [5.41, 5.74) is 0. The van der Waals surface area contributed by atoms with Crippen molar-refractivity contribution in [1.82, 2.24) is 10.2 Å². The van der Waals surface area contributed by atoms with E-state index >= 15 is 0 Å². The summed E-state index contributed by atoms with van der Waals surface area (Å²) in [4.78, 5) is 23.7. The lowest BCUT2D eigenvalue weighted by Crippen LogP contribution is -2.49. The van der Waals surface area contributed by atoms with Crippen molar-refractivity contribution in [3.8, 4) is 0 Å². The molecule has 2 atom stereocenters. The number of hydrogen-bond donors (Lipinski definition) is 4. The van der Waals surface area contributed by atoms with Crippen LogP contribution in [0.3, 0.4) is 0 Å². The van der Waals surface area contributed by atoms with Gasteiger partial charge in [0.05, 0.1) is 19.3 Å². The molecule has 0 spiro atoms. The lowest BCUT2D eigenvalue weighted by atomic mass is 10.0. The molecule has 0 rings (SSSR count). The smallest absolute Gasteiger partial charge is 0.326 e. The quantitative estimate of drug-likeness (QED) is 0.493. The maximum absolute atomic E-state index is 11.6. The lowest BCUT2D eigenvalue weighted by Gasteiger charge is -2.23. The number of aliphatic hydroxyl groups is 2. The Labute approximate surface area is 106 Å². The molecule has 2 amide bonds. The number of urea groups is 1. The summed E-state index contributed by atoms with van der Waals surface area (Å²) in [5, 5.41) is 29.2. The van der Waals surface area contributed by atoms with Crippen molar-refractivity contribution >= 4 is 12.0 Å². The fourth-order valence-electron chi connectivity index (χ4n) is 1.41. The number of carbonyl (C=O) groups is 2. The third-order valence-corrected chi connectivity index (χ3v) is 2.34. The van der Waals surface area contributed by atoms with E-state index in [-0.39, 0.29) is 12.5 Å². The first-order valence-corrected chi connectivity index (χ1v) is 5.81. The normalized spacial score (nSPS) is 14.1. The van der Waals surface area contributed by atoms with Gasteiger partial charge >= 0.3 is 12.0 Å². The van der Waals surface area contributed by atoms with Crippen LogP contribution in [0.5, 0.6) is 0 Å². The fourth-order valence-corrected chi connectivity index (χ4v) is 1.41. The maximum Gasteiger partial charge on any atom is 0.326 e. The van der Waals surface area contributed by atoms with Crippen molar-refractivity contribution in [1.29, 1.82) is 0 Å². The number of rotatable bonds is 7. The van der Waals surface area contributed by atoms with E-state index in [1.165, 1.54) is 7.05 Å². The van der Waals surface area contributed by atoms with E-state index in [4.69, 9.17) is 10.2 Å². The largest absolute Gasteiger partial charge is 0.480 e. The van der Waals surface area contributed by atoms with Crippen molar-refractivity contribution in [2.24, 2.45) is 5.92 Å². The molecule has 0 radical (unpaired) electrons. The van der Waals surface area contributed by atoms with Gasteiger partial charge in [-0.2, -0.15) is 0 Å². The van der Waals surface area contributed by atoms with E-state index in [2.05, 4.69) is 5.32 Å². The Morgan fingerprint density at radius 3 is 2.28 bits per heavy atom. The van der Waals surface area contributed by atoms with Gasteiger partial charge in [0.1, 0.15) is 6.04 Å². The second kappa shape index (κ2) is 7.88. The summed E-state index contributed by atoms with van der Waals surface area (Å²) in [6.07, 6.45) is -0.702. The Morgan fingerprint density at radius 1 is 1.33 bits per heavy atom. The number of carbonyl (C=O) groups excluding carboxylic acids is 1. The van der Waals surface area contributed by atoms with Gasteiger partial charge in [0, 0.05) is 7.05 Å². The number of likely N-dealkylation sites (N-methyl/N-ethyl adjacent to an activating group) is 1. The highest BCUT2D eigenvalue weighted by atomic mass is 16.4. The highest BCUT2D eigenvalue weighted by molar-refractivity contribution is 5.82. The van der Waals surface area contributed by atoms with Crippen LogP contribution in [0.25, 0.3) is 0 Å². The number of aliphatic hydroxyl groups excluding tert-OH is 2. The summed E-state index contributed by atoms with van der Waals surface area (Å²) in [7, 11) is 1.42. The molecule has 0 aromatic heterocycles. The molecule has 0 aromatic rings. The average molecular weight is 262 g/mol. The number of carboxylic acids is 1. The van der Waals surface area contributed by atoms with Crippen molar-refractivity contribution in [3.05, 3.63) is 0 Å². The number of amides is 2. The summed E-state index contributed by atoms with van der Waals surface area (Å²) < 4.78 is 0. The Bertz CT molecular complexity index is 283. The Balaban J connectivity index is 4.36. The van der Waals surface area contributed by atoms with Crippen LogP contribution < -0.4 is 5.32 Å². The standard InChI is InChI=1S/C11H22N2O5/c1-7(2)4-9(10(16)17)12-11(18)13(3)5-8(15)6-14/h7-9,14-15H,4-6H2,1-3H3,(H,12,18)(H,16,17). The first-order valence-electron chi connectivity index (χ1n) is 5.81. The van der Waals surface area contributed by atoms with Crippen molar-refractivity contribution in [2.45, 2.75) is 32.4 Å². The molecular weight excluding hydrogens is 240 g/mol. The third kappa shape index (κ3) is 6.41.